The second-order valence-electron chi connectivity index (χ2n) is 11.1. The van der Waals surface area contributed by atoms with Crippen LogP contribution in [0.3, 0.4) is 0 Å². The zero-order valence-corrected chi connectivity index (χ0v) is 25.2. The van der Waals surface area contributed by atoms with Gasteiger partial charge in [-0.3, -0.25) is 0 Å². The van der Waals surface area contributed by atoms with Crippen LogP contribution in [0.1, 0.15) is 98.8 Å². The van der Waals surface area contributed by atoms with Crippen molar-refractivity contribution in [2.24, 2.45) is 0 Å². The van der Waals surface area contributed by atoms with Crippen LogP contribution in [0.4, 0.5) is 0 Å². The first-order chi connectivity index (χ1) is 15.9. The van der Waals surface area contributed by atoms with Crippen LogP contribution in [-0.4, -0.2) is 33.1 Å². The number of hydrogen-bond donors (Lipinski definition) is 0. The molecule has 0 aliphatic rings. The predicted octanol–water partition coefficient (Wildman–Crippen LogP) is 8.77. The number of para-hydroxylation sites is 1. The third kappa shape index (κ3) is 7.87. The van der Waals surface area contributed by atoms with Gasteiger partial charge in [0.05, 0.1) is 21.6 Å². The second-order valence-corrected chi connectivity index (χ2v) is 19.3. The van der Waals surface area contributed by atoms with E-state index in [1.807, 2.05) is 24.3 Å². The number of hydrogen-bond acceptors (Lipinski definition) is 5. The van der Waals surface area contributed by atoms with Gasteiger partial charge >= 0.3 is 0 Å². The number of aromatic nitrogens is 1. The first-order valence-electron chi connectivity index (χ1n) is 13.2. The van der Waals surface area contributed by atoms with Crippen molar-refractivity contribution in [1.82, 2.24) is 4.98 Å². The fourth-order valence-electron chi connectivity index (χ4n) is 4.06. The summed E-state index contributed by atoms with van der Waals surface area (Å²) in [5, 5.41) is -0.512. The number of sulfone groups is 1. The summed E-state index contributed by atoms with van der Waals surface area (Å²) in [6, 6.07) is 7.71. The van der Waals surface area contributed by atoms with E-state index in [2.05, 4.69) is 52.7 Å². The summed E-state index contributed by atoms with van der Waals surface area (Å²) in [6.45, 7) is 15.6. The molecule has 0 aliphatic carbocycles. The van der Waals surface area contributed by atoms with Crippen LogP contribution >= 0.6 is 11.3 Å². The summed E-state index contributed by atoms with van der Waals surface area (Å²) in [7, 11) is -5.75. The topological polar surface area (TPSA) is 56.3 Å². The largest absolute Gasteiger partial charge is 0.413 e. The van der Waals surface area contributed by atoms with Gasteiger partial charge in [-0.1, -0.05) is 98.1 Å². The zero-order chi connectivity index (χ0) is 25.4. The lowest BCUT2D eigenvalue weighted by atomic mass is 10.0. The zero-order valence-electron chi connectivity index (χ0n) is 22.5. The van der Waals surface area contributed by atoms with E-state index in [9.17, 15) is 8.42 Å². The molecule has 0 spiro atoms. The monoisotopic (exact) mass is 525 g/mol. The van der Waals surface area contributed by atoms with Crippen molar-refractivity contribution in [3.05, 3.63) is 24.3 Å². The van der Waals surface area contributed by atoms with Crippen molar-refractivity contribution in [3.63, 3.8) is 0 Å². The molecule has 0 fully saturated rings. The number of fused-ring (bicyclic) bond motifs is 1. The van der Waals surface area contributed by atoms with Crippen molar-refractivity contribution in [3.8, 4) is 0 Å². The Balaban J connectivity index is 2.44. The Bertz CT molecular complexity index is 946. The molecule has 0 aliphatic heterocycles. The van der Waals surface area contributed by atoms with E-state index < -0.39 is 23.4 Å². The Morgan fingerprint density at radius 2 is 1.53 bits per heavy atom. The highest BCUT2D eigenvalue weighted by Crippen LogP contribution is 2.40. The first kappa shape index (κ1) is 29.5. The Labute approximate surface area is 214 Å². The molecule has 34 heavy (non-hydrogen) atoms. The van der Waals surface area contributed by atoms with Crippen LogP contribution in [0.15, 0.2) is 28.6 Å². The van der Waals surface area contributed by atoms with E-state index >= 15 is 0 Å². The van der Waals surface area contributed by atoms with Gasteiger partial charge in [-0.2, -0.15) is 0 Å². The Kier molecular flexibility index (Phi) is 11.2. The third-order valence-corrected chi connectivity index (χ3v) is 15.5. The van der Waals surface area contributed by atoms with Gasteiger partial charge in [0.25, 0.3) is 0 Å². The number of thiazole rings is 1. The Morgan fingerprint density at radius 1 is 0.941 bits per heavy atom. The molecule has 0 saturated carbocycles. The fraction of sp³-hybridized carbons (Fsp3) is 0.741. The minimum Gasteiger partial charge on any atom is -0.413 e. The minimum atomic E-state index is -3.61. The SMILES string of the molecule is CCCCCC[C@H](O[Si](C)(C)C(C)(C)C)[C@@H](CCCCCC)S(=O)(=O)c1nc2ccccc2s1. The normalized spacial score (nSPS) is 15.0. The minimum absolute atomic E-state index is 0.0288. The third-order valence-electron chi connectivity index (χ3n) is 7.27. The van der Waals surface area contributed by atoms with Crippen molar-refractivity contribution >= 4 is 39.7 Å². The van der Waals surface area contributed by atoms with Gasteiger partial charge in [-0.15, -0.1) is 11.3 Å². The number of rotatable bonds is 15. The van der Waals surface area contributed by atoms with Gasteiger partial charge in [0.2, 0.25) is 14.2 Å². The maximum atomic E-state index is 14.1. The highest BCUT2D eigenvalue weighted by molar-refractivity contribution is 7.94. The van der Waals surface area contributed by atoms with Gasteiger partial charge < -0.3 is 4.43 Å². The molecular formula is C27H47NO3S2Si. The maximum absolute atomic E-state index is 14.1. The van der Waals surface area contributed by atoms with Gasteiger partial charge in [-0.25, -0.2) is 13.4 Å². The van der Waals surface area contributed by atoms with Gasteiger partial charge in [0, 0.05) is 0 Å². The highest BCUT2D eigenvalue weighted by atomic mass is 32.2. The lowest BCUT2D eigenvalue weighted by molar-refractivity contribution is 0.156. The van der Waals surface area contributed by atoms with Crippen LogP contribution in [0.25, 0.3) is 10.2 Å². The lowest BCUT2D eigenvalue weighted by Gasteiger charge is -2.41. The summed E-state index contributed by atoms with van der Waals surface area (Å²) in [5.74, 6) is 0. The standard InChI is InChI=1S/C27H47NO3S2Si/c1-8-10-12-14-19-23(31-34(6,7)27(3,4)5)25(21-15-13-11-9-2)33(29,30)26-28-22-18-16-17-20-24(22)32-26/h16-18,20,23,25H,8-15,19,21H2,1-7H3/t23-,25+/m0/s1. The maximum Gasteiger partial charge on any atom is 0.210 e. The van der Waals surface area contributed by atoms with Crippen molar-refractivity contribution in [2.75, 3.05) is 0 Å². The molecule has 2 atom stereocenters. The molecule has 0 radical (unpaired) electrons. The summed E-state index contributed by atoms with van der Waals surface area (Å²) < 4.78 is 36.3. The molecule has 2 aromatic rings. The number of nitrogens with zero attached hydrogens (tertiary/aromatic N) is 1. The van der Waals surface area contributed by atoms with E-state index in [0.717, 1.165) is 61.6 Å². The number of unbranched alkanes of at least 4 members (excludes halogenated alkanes) is 6. The van der Waals surface area contributed by atoms with Crippen LogP contribution < -0.4 is 0 Å². The van der Waals surface area contributed by atoms with E-state index in [1.54, 1.807) is 0 Å². The summed E-state index contributed by atoms with van der Waals surface area (Å²) in [4.78, 5) is 4.57. The van der Waals surface area contributed by atoms with Crippen molar-refractivity contribution in [2.45, 2.75) is 133 Å². The van der Waals surface area contributed by atoms with E-state index in [4.69, 9.17) is 4.43 Å². The molecule has 0 N–H and O–H groups in total. The lowest BCUT2D eigenvalue weighted by Crippen LogP contribution is -2.48. The average molecular weight is 526 g/mol. The molecular weight excluding hydrogens is 479 g/mol. The Hall–Kier alpha value is -0.763. The van der Waals surface area contributed by atoms with Crippen LogP contribution in [-0.2, 0) is 14.3 Å². The molecule has 194 valence electrons. The quantitative estimate of drug-likeness (QED) is 0.172. The van der Waals surface area contributed by atoms with E-state index in [0.29, 0.717) is 6.42 Å². The molecule has 1 aromatic carbocycles. The Morgan fingerprint density at radius 3 is 2.09 bits per heavy atom. The summed E-state index contributed by atoms with van der Waals surface area (Å²) >= 11 is 1.31. The molecule has 7 heteroatoms. The molecule has 4 nitrogen and oxygen atoms in total. The average Bonchev–Trinajstić information content (AvgIpc) is 3.20. The molecule has 0 saturated heterocycles. The molecule has 0 bridgehead atoms. The first-order valence-corrected chi connectivity index (χ1v) is 18.5. The van der Waals surface area contributed by atoms with Gasteiger partial charge in [-0.05, 0) is 43.1 Å². The van der Waals surface area contributed by atoms with Crippen LogP contribution in [0.2, 0.25) is 18.1 Å². The summed E-state index contributed by atoms with van der Waals surface area (Å²) in [5.41, 5.74) is 0.764. The summed E-state index contributed by atoms with van der Waals surface area (Å²) in [6.07, 6.45) is 9.88. The molecule has 1 aromatic heterocycles. The van der Waals surface area contributed by atoms with Crippen LogP contribution in [0.5, 0.6) is 0 Å². The van der Waals surface area contributed by atoms with Gasteiger partial charge in [0.15, 0.2) is 8.32 Å². The van der Waals surface area contributed by atoms with Gasteiger partial charge in [0.1, 0.15) is 0 Å². The predicted molar refractivity (Wildman–Crippen MR) is 150 cm³/mol. The second kappa shape index (κ2) is 13.0. The van der Waals surface area contributed by atoms with Crippen molar-refractivity contribution in [1.29, 1.82) is 0 Å². The highest BCUT2D eigenvalue weighted by Gasteiger charge is 2.44. The molecule has 1 heterocycles. The smallest absolute Gasteiger partial charge is 0.210 e. The van der Waals surface area contributed by atoms with Crippen LogP contribution in [0, 0.1) is 0 Å². The molecule has 0 unspecified atom stereocenters. The molecule has 2 rings (SSSR count). The number of benzene rings is 1. The van der Waals surface area contributed by atoms with E-state index in [-0.39, 0.29) is 15.5 Å². The van der Waals surface area contributed by atoms with E-state index in [1.165, 1.54) is 17.8 Å². The fourth-order valence-corrected chi connectivity index (χ4v) is 8.91. The van der Waals surface area contributed by atoms with Crippen molar-refractivity contribution < 1.29 is 12.8 Å². The molecule has 0 amide bonds.